The molecule has 2 aromatic heterocycles. The van der Waals surface area contributed by atoms with Crippen LogP contribution in [0.15, 0.2) is 29.0 Å². The first kappa shape index (κ1) is 20.7. The third-order valence-corrected chi connectivity index (χ3v) is 8.67. The Hall–Kier alpha value is -2.23. The van der Waals surface area contributed by atoms with Gasteiger partial charge in [-0.3, -0.25) is 19.9 Å². The van der Waals surface area contributed by atoms with Gasteiger partial charge in [-0.2, -0.15) is 5.01 Å². The summed E-state index contributed by atoms with van der Waals surface area (Å²) in [5.41, 5.74) is 2.98. The molecule has 0 aromatic carbocycles. The second-order valence-electron chi connectivity index (χ2n) is 8.81. The first-order valence-corrected chi connectivity index (χ1v) is 12.5. The van der Waals surface area contributed by atoms with Crippen LogP contribution in [-0.2, 0) is 16.0 Å². The van der Waals surface area contributed by atoms with Crippen LogP contribution in [0.4, 0.5) is 4.79 Å². The summed E-state index contributed by atoms with van der Waals surface area (Å²) < 4.78 is 0. The molecule has 5 rings (SSSR count). The number of urea groups is 1. The van der Waals surface area contributed by atoms with E-state index in [2.05, 4.69) is 40.1 Å². The molecule has 9 heteroatoms. The van der Waals surface area contributed by atoms with Gasteiger partial charge in [0.15, 0.2) is 0 Å². The van der Waals surface area contributed by atoms with Crippen LogP contribution < -0.4 is 10.7 Å². The van der Waals surface area contributed by atoms with Gasteiger partial charge < -0.3 is 5.32 Å². The normalized spacial score (nSPS) is 28.6. The fourth-order valence-corrected chi connectivity index (χ4v) is 6.76. The van der Waals surface area contributed by atoms with Crippen LogP contribution in [0, 0.1) is 5.92 Å². The molecular formula is C22H26N4O3S2. The van der Waals surface area contributed by atoms with Gasteiger partial charge in [0.05, 0.1) is 12.6 Å². The molecule has 0 radical (unpaired) electrons. The highest BCUT2D eigenvalue weighted by atomic mass is 32.1. The highest BCUT2D eigenvalue weighted by Crippen LogP contribution is 2.39. The van der Waals surface area contributed by atoms with E-state index in [0.717, 1.165) is 30.8 Å². The van der Waals surface area contributed by atoms with Crippen LogP contribution in [-0.4, -0.2) is 46.4 Å². The molecule has 2 aromatic rings. The van der Waals surface area contributed by atoms with Crippen molar-refractivity contribution in [3.63, 3.8) is 0 Å². The number of hydrazine groups is 1. The van der Waals surface area contributed by atoms with E-state index in [9.17, 15) is 14.4 Å². The van der Waals surface area contributed by atoms with E-state index in [1.165, 1.54) is 15.3 Å². The summed E-state index contributed by atoms with van der Waals surface area (Å²) in [6.07, 6.45) is 3.93. The Morgan fingerprint density at radius 3 is 2.77 bits per heavy atom. The molecule has 0 bridgehead atoms. The molecule has 4 amide bonds. The number of amides is 4. The molecular weight excluding hydrogens is 432 g/mol. The van der Waals surface area contributed by atoms with Gasteiger partial charge >= 0.3 is 6.03 Å². The summed E-state index contributed by atoms with van der Waals surface area (Å²) in [4.78, 5) is 43.1. The summed E-state index contributed by atoms with van der Waals surface area (Å²) in [5, 5.41) is 7.90. The molecule has 1 saturated heterocycles. The molecule has 1 aliphatic carbocycles. The minimum absolute atomic E-state index is 0.0232. The minimum Gasteiger partial charge on any atom is -0.322 e. The van der Waals surface area contributed by atoms with E-state index in [0.29, 0.717) is 18.8 Å². The van der Waals surface area contributed by atoms with Gasteiger partial charge in [-0.1, -0.05) is 13.0 Å². The van der Waals surface area contributed by atoms with E-state index in [1.54, 1.807) is 22.7 Å². The fraction of sp³-hybridized carbons (Fsp3) is 0.500. The van der Waals surface area contributed by atoms with E-state index < -0.39 is 11.6 Å². The Kier molecular flexibility index (Phi) is 5.35. The Balaban J connectivity index is 1.29. The number of carbonyl (C=O) groups excluding carboxylic acids is 3. The monoisotopic (exact) mass is 458 g/mol. The van der Waals surface area contributed by atoms with Gasteiger partial charge in [0, 0.05) is 16.3 Å². The third kappa shape index (κ3) is 3.68. The van der Waals surface area contributed by atoms with E-state index >= 15 is 0 Å². The predicted octanol–water partition coefficient (Wildman–Crippen LogP) is 3.29. The number of hydrogen-bond donors (Lipinski definition) is 2. The van der Waals surface area contributed by atoms with E-state index in [1.807, 2.05) is 11.4 Å². The van der Waals surface area contributed by atoms with Gasteiger partial charge in [-0.25, -0.2) is 4.79 Å². The molecule has 2 aliphatic heterocycles. The van der Waals surface area contributed by atoms with Crippen LogP contribution in [0.5, 0.6) is 0 Å². The molecule has 164 valence electrons. The average molecular weight is 459 g/mol. The van der Waals surface area contributed by atoms with Crippen molar-refractivity contribution in [2.75, 3.05) is 13.1 Å². The first-order chi connectivity index (χ1) is 15.0. The summed E-state index contributed by atoms with van der Waals surface area (Å²) in [7, 11) is 0. The number of fused-ring (bicyclic) bond motifs is 1. The van der Waals surface area contributed by atoms with Crippen molar-refractivity contribution in [3.05, 3.63) is 44.3 Å². The standard InChI is InChI=1S/C22H26N4O3S2/c1-14-4-8-22(9-5-14)20(28)26(21(29)23-22)24-18(27)13-25-10-6-16-15(7-12-31-16)19(25)17-3-2-11-30-17/h2-3,7,11-12,14,19H,4-6,8-10,13H2,1H3,(H,23,29)(H,24,27). The Labute approximate surface area is 189 Å². The van der Waals surface area contributed by atoms with Crippen LogP contribution in [0.2, 0.25) is 0 Å². The maximum atomic E-state index is 13.0. The van der Waals surface area contributed by atoms with Crippen molar-refractivity contribution in [2.24, 2.45) is 5.92 Å². The SMILES string of the molecule is CC1CCC2(CC1)NC(=O)N(NC(=O)CN1CCc3sccc3C1c1cccs1)C2=O. The second-order valence-corrected chi connectivity index (χ2v) is 10.8. The Morgan fingerprint density at radius 2 is 2.03 bits per heavy atom. The molecule has 1 saturated carbocycles. The molecule has 1 spiro atoms. The maximum Gasteiger partial charge on any atom is 0.344 e. The first-order valence-electron chi connectivity index (χ1n) is 10.8. The molecule has 2 N–H and O–H groups in total. The molecule has 4 heterocycles. The highest BCUT2D eigenvalue weighted by Gasteiger charge is 2.53. The Bertz CT molecular complexity index is 994. The van der Waals surface area contributed by atoms with E-state index in [-0.39, 0.29) is 24.4 Å². The maximum absolute atomic E-state index is 13.0. The van der Waals surface area contributed by atoms with Gasteiger partial charge in [0.25, 0.3) is 11.8 Å². The summed E-state index contributed by atoms with van der Waals surface area (Å²) >= 11 is 3.44. The van der Waals surface area contributed by atoms with Crippen molar-refractivity contribution in [1.82, 2.24) is 20.7 Å². The lowest BCUT2D eigenvalue weighted by Crippen LogP contribution is -2.53. The molecule has 2 fully saturated rings. The quantitative estimate of drug-likeness (QED) is 0.689. The van der Waals surface area contributed by atoms with Crippen LogP contribution >= 0.6 is 22.7 Å². The van der Waals surface area contributed by atoms with Gasteiger partial charge in [-0.05, 0) is 66.5 Å². The fourth-order valence-electron chi connectivity index (χ4n) is 4.98. The largest absolute Gasteiger partial charge is 0.344 e. The van der Waals surface area contributed by atoms with Gasteiger partial charge in [0.2, 0.25) is 0 Å². The van der Waals surface area contributed by atoms with Crippen molar-refractivity contribution < 1.29 is 14.4 Å². The lowest BCUT2D eigenvalue weighted by molar-refractivity contribution is -0.140. The summed E-state index contributed by atoms with van der Waals surface area (Å²) in [6.45, 7) is 3.04. The van der Waals surface area contributed by atoms with Crippen molar-refractivity contribution in [2.45, 2.75) is 50.6 Å². The minimum atomic E-state index is -0.854. The van der Waals surface area contributed by atoms with Crippen LogP contribution in [0.25, 0.3) is 0 Å². The Morgan fingerprint density at radius 1 is 1.23 bits per heavy atom. The second kappa shape index (κ2) is 8.03. The van der Waals surface area contributed by atoms with Crippen LogP contribution in [0.1, 0.15) is 54.0 Å². The molecule has 3 aliphatic rings. The number of carbonyl (C=O) groups is 3. The molecule has 7 nitrogen and oxygen atoms in total. The lowest BCUT2D eigenvalue weighted by atomic mass is 9.77. The number of rotatable bonds is 4. The smallest absolute Gasteiger partial charge is 0.322 e. The van der Waals surface area contributed by atoms with Crippen molar-refractivity contribution in [3.8, 4) is 0 Å². The predicted molar refractivity (Wildman–Crippen MR) is 120 cm³/mol. The zero-order valence-corrected chi connectivity index (χ0v) is 19.1. The molecule has 31 heavy (non-hydrogen) atoms. The zero-order chi connectivity index (χ0) is 21.6. The summed E-state index contributed by atoms with van der Waals surface area (Å²) in [5.74, 6) is -0.120. The van der Waals surface area contributed by atoms with Gasteiger partial charge in [0.1, 0.15) is 5.54 Å². The number of imide groups is 1. The number of nitrogens with one attached hydrogen (secondary N) is 2. The van der Waals surface area contributed by atoms with Crippen molar-refractivity contribution in [1.29, 1.82) is 0 Å². The average Bonchev–Trinajstić information content (AvgIpc) is 3.48. The van der Waals surface area contributed by atoms with E-state index in [4.69, 9.17) is 0 Å². The van der Waals surface area contributed by atoms with Crippen LogP contribution in [0.3, 0.4) is 0 Å². The molecule has 1 unspecified atom stereocenters. The number of hydrogen-bond acceptors (Lipinski definition) is 6. The number of thiophene rings is 2. The van der Waals surface area contributed by atoms with Gasteiger partial charge in [-0.15, -0.1) is 22.7 Å². The summed E-state index contributed by atoms with van der Waals surface area (Å²) in [6, 6.07) is 5.76. The lowest BCUT2D eigenvalue weighted by Gasteiger charge is -2.35. The highest BCUT2D eigenvalue weighted by molar-refractivity contribution is 7.10. The molecule has 1 atom stereocenters. The van der Waals surface area contributed by atoms with Crippen molar-refractivity contribution >= 4 is 40.5 Å². The number of nitrogens with zero attached hydrogens (tertiary/aromatic N) is 2. The zero-order valence-electron chi connectivity index (χ0n) is 17.4. The topological polar surface area (TPSA) is 81.8 Å². The third-order valence-electron chi connectivity index (χ3n) is 6.75.